The van der Waals surface area contributed by atoms with Gasteiger partial charge in [0.25, 0.3) is 0 Å². The molecule has 2 aliphatic heterocycles. The zero-order chi connectivity index (χ0) is 18.6. The van der Waals surface area contributed by atoms with Crippen molar-refractivity contribution < 1.29 is 14.2 Å². The number of methoxy groups -OCH3 is 1. The Labute approximate surface area is 165 Å². The molecule has 2 aromatic rings. The zero-order valence-corrected chi connectivity index (χ0v) is 16.3. The maximum absolute atomic E-state index is 6.27. The zero-order valence-electron chi connectivity index (χ0n) is 15.5. The Morgan fingerprint density at radius 3 is 2.33 bits per heavy atom. The molecule has 0 spiro atoms. The smallest absolute Gasteiger partial charge is 0.138 e. The summed E-state index contributed by atoms with van der Waals surface area (Å²) < 4.78 is 17.0. The summed E-state index contributed by atoms with van der Waals surface area (Å²) in [5, 5.41) is 0.723. The summed E-state index contributed by atoms with van der Waals surface area (Å²) in [5.74, 6) is 1.74. The first kappa shape index (κ1) is 18.4. The minimum Gasteiger partial charge on any atom is -0.497 e. The number of hydrogen-bond donors (Lipinski definition) is 0. The minimum absolute atomic E-state index is 0.149. The molecule has 5 nitrogen and oxygen atoms in total. The largest absolute Gasteiger partial charge is 0.497 e. The van der Waals surface area contributed by atoms with Crippen LogP contribution in [0, 0.1) is 0 Å². The van der Waals surface area contributed by atoms with Gasteiger partial charge in [-0.2, -0.15) is 0 Å². The summed E-state index contributed by atoms with van der Waals surface area (Å²) in [7, 11) is 1.69. The van der Waals surface area contributed by atoms with Gasteiger partial charge >= 0.3 is 0 Å². The molecule has 0 aliphatic carbocycles. The normalized spacial score (nSPS) is 23.0. The average Bonchev–Trinajstić information content (AvgIpc) is 2.71. The molecule has 144 valence electrons. The number of hydrogen-bond acceptors (Lipinski definition) is 5. The van der Waals surface area contributed by atoms with Gasteiger partial charge in [-0.25, -0.2) is 0 Å². The summed E-state index contributed by atoms with van der Waals surface area (Å²) in [5.41, 5.74) is 1.20. The monoisotopic (exact) mass is 388 g/mol. The van der Waals surface area contributed by atoms with Gasteiger partial charge in [0.15, 0.2) is 0 Å². The van der Waals surface area contributed by atoms with E-state index in [1.165, 1.54) is 5.69 Å². The molecule has 4 rings (SSSR count). The van der Waals surface area contributed by atoms with Crippen molar-refractivity contribution in [2.45, 2.75) is 12.1 Å². The number of morpholine rings is 1. The lowest BCUT2D eigenvalue weighted by molar-refractivity contribution is 0.0171. The van der Waals surface area contributed by atoms with Gasteiger partial charge in [-0.1, -0.05) is 11.6 Å². The second-order valence-corrected chi connectivity index (χ2v) is 7.38. The molecular weight excluding hydrogens is 364 g/mol. The Hall–Kier alpha value is -1.95. The van der Waals surface area contributed by atoms with Crippen LogP contribution in [0.4, 0.5) is 5.69 Å². The molecule has 0 aromatic heterocycles. The number of nitrogens with zero attached hydrogens (tertiary/aromatic N) is 2. The molecule has 2 atom stereocenters. The number of ether oxygens (including phenoxy) is 3. The van der Waals surface area contributed by atoms with Crippen LogP contribution in [0.3, 0.4) is 0 Å². The van der Waals surface area contributed by atoms with Gasteiger partial charge in [-0.15, -0.1) is 0 Å². The summed E-state index contributed by atoms with van der Waals surface area (Å²) in [6.07, 6.45) is 0.149. The maximum Gasteiger partial charge on any atom is 0.138 e. The molecule has 2 aliphatic rings. The molecule has 6 heteroatoms. The van der Waals surface area contributed by atoms with Crippen molar-refractivity contribution in [2.24, 2.45) is 0 Å². The SMILES string of the molecule is COc1ccc(N2C[C@@H](Oc3ccc(Cl)cc3)[C@H]2CN2CCOCC2)cc1. The van der Waals surface area contributed by atoms with Crippen LogP contribution in [0.2, 0.25) is 5.02 Å². The van der Waals surface area contributed by atoms with Crippen LogP contribution in [0.1, 0.15) is 0 Å². The van der Waals surface area contributed by atoms with Gasteiger partial charge in [-0.05, 0) is 48.5 Å². The van der Waals surface area contributed by atoms with Crippen molar-refractivity contribution in [3.8, 4) is 11.5 Å². The van der Waals surface area contributed by atoms with Gasteiger partial charge in [0.1, 0.15) is 17.6 Å². The van der Waals surface area contributed by atoms with Crippen LogP contribution >= 0.6 is 11.6 Å². The fourth-order valence-corrected chi connectivity index (χ4v) is 3.78. The second kappa shape index (κ2) is 8.38. The molecule has 0 amide bonds. The first-order chi connectivity index (χ1) is 13.2. The number of anilines is 1. The molecule has 0 N–H and O–H groups in total. The standard InChI is InChI=1S/C21H25ClN2O3/c1-25-18-8-4-17(5-9-18)24-15-21(27-19-6-2-16(22)3-7-19)20(24)14-23-10-12-26-13-11-23/h2-9,20-21H,10-15H2,1H3/t20-,21-/m1/s1. The molecule has 0 unspecified atom stereocenters. The Morgan fingerprint density at radius 2 is 1.67 bits per heavy atom. The van der Waals surface area contributed by atoms with Crippen molar-refractivity contribution in [3.05, 3.63) is 53.6 Å². The van der Waals surface area contributed by atoms with Crippen molar-refractivity contribution in [1.82, 2.24) is 4.90 Å². The lowest BCUT2D eigenvalue weighted by Crippen LogP contribution is -2.67. The fourth-order valence-electron chi connectivity index (χ4n) is 3.65. The third-order valence-corrected chi connectivity index (χ3v) is 5.51. The third-order valence-electron chi connectivity index (χ3n) is 5.26. The highest BCUT2D eigenvalue weighted by molar-refractivity contribution is 6.30. The molecule has 2 saturated heterocycles. The van der Waals surface area contributed by atoms with Crippen LogP contribution in [-0.2, 0) is 4.74 Å². The van der Waals surface area contributed by atoms with Gasteiger partial charge in [-0.3, -0.25) is 4.90 Å². The Morgan fingerprint density at radius 1 is 1.00 bits per heavy atom. The minimum atomic E-state index is 0.149. The first-order valence-corrected chi connectivity index (χ1v) is 9.74. The van der Waals surface area contributed by atoms with E-state index in [9.17, 15) is 0 Å². The first-order valence-electron chi connectivity index (χ1n) is 9.36. The van der Waals surface area contributed by atoms with Gasteiger partial charge in [0, 0.05) is 30.3 Å². The summed E-state index contributed by atoms with van der Waals surface area (Å²) in [4.78, 5) is 4.87. The Bertz CT molecular complexity index is 732. The second-order valence-electron chi connectivity index (χ2n) is 6.94. The highest BCUT2D eigenvalue weighted by Crippen LogP contribution is 2.32. The van der Waals surface area contributed by atoms with Crippen LogP contribution in [0.15, 0.2) is 48.5 Å². The van der Waals surface area contributed by atoms with E-state index < -0.39 is 0 Å². The van der Waals surface area contributed by atoms with Crippen molar-refractivity contribution >= 4 is 17.3 Å². The highest BCUT2D eigenvalue weighted by Gasteiger charge is 2.42. The lowest BCUT2D eigenvalue weighted by Gasteiger charge is -2.50. The summed E-state index contributed by atoms with van der Waals surface area (Å²) in [6, 6.07) is 16.2. The molecule has 0 saturated carbocycles. The maximum atomic E-state index is 6.27. The highest BCUT2D eigenvalue weighted by atomic mass is 35.5. The number of benzene rings is 2. The van der Waals surface area contributed by atoms with Crippen LogP contribution in [0.5, 0.6) is 11.5 Å². The van der Waals surface area contributed by atoms with Gasteiger partial charge in [0.2, 0.25) is 0 Å². The molecule has 2 aromatic carbocycles. The number of halogens is 1. The predicted molar refractivity (Wildman–Crippen MR) is 107 cm³/mol. The lowest BCUT2D eigenvalue weighted by atomic mass is 9.96. The number of rotatable bonds is 6. The van der Waals surface area contributed by atoms with E-state index in [1.54, 1.807) is 7.11 Å². The molecule has 0 radical (unpaired) electrons. The van der Waals surface area contributed by atoms with Crippen LogP contribution in [0.25, 0.3) is 0 Å². The molecular formula is C21H25ClN2O3. The van der Waals surface area contributed by atoms with E-state index >= 15 is 0 Å². The van der Waals surface area contributed by atoms with Gasteiger partial charge in [0.05, 0.1) is 32.9 Å². The van der Waals surface area contributed by atoms with Crippen LogP contribution < -0.4 is 14.4 Å². The van der Waals surface area contributed by atoms with Crippen LogP contribution in [-0.4, -0.2) is 63.5 Å². The van der Waals surface area contributed by atoms with E-state index in [-0.39, 0.29) is 6.10 Å². The molecule has 0 bridgehead atoms. The quantitative estimate of drug-likeness (QED) is 0.758. The van der Waals surface area contributed by atoms with E-state index in [0.29, 0.717) is 6.04 Å². The van der Waals surface area contributed by atoms with Crippen molar-refractivity contribution in [2.75, 3.05) is 51.4 Å². The van der Waals surface area contributed by atoms with E-state index in [1.807, 2.05) is 36.4 Å². The summed E-state index contributed by atoms with van der Waals surface area (Å²) in [6.45, 7) is 5.38. The fraction of sp³-hybridized carbons (Fsp3) is 0.429. The van der Waals surface area contributed by atoms with E-state index in [2.05, 4.69) is 21.9 Å². The molecule has 2 fully saturated rings. The van der Waals surface area contributed by atoms with Gasteiger partial charge < -0.3 is 19.1 Å². The Kier molecular flexibility index (Phi) is 5.72. The van der Waals surface area contributed by atoms with E-state index in [4.69, 9.17) is 25.8 Å². The summed E-state index contributed by atoms with van der Waals surface area (Å²) >= 11 is 5.99. The van der Waals surface area contributed by atoms with E-state index in [0.717, 1.165) is 55.9 Å². The average molecular weight is 389 g/mol. The molecule has 27 heavy (non-hydrogen) atoms. The molecule has 2 heterocycles. The van der Waals surface area contributed by atoms with Crippen molar-refractivity contribution in [1.29, 1.82) is 0 Å². The Balaban J connectivity index is 1.47. The third kappa shape index (κ3) is 4.32. The van der Waals surface area contributed by atoms with Crippen molar-refractivity contribution in [3.63, 3.8) is 0 Å². The topological polar surface area (TPSA) is 34.2 Å². The predicted octanol–water partition coefficient (Wildman–Crippen LogP) is 3.32.